The fraction of sp³-hybridized carbons (Fsp3) is 0.130. The van der Waals surface area contributed by atoms with Crippen LogP contribution in [0.5, 0.6) is 5.75 Å². The van der Waals surface area contributed by atoms with Gasteiger partial charge in [0.2, 0.25) is 11.9 Å². The van der Waals surface area contributed by atoms with Crippen molar-refractivity contribution in [1.29, 1.82) is 0 Å². The summed E-state index contributed by atoms with van der Waals surface area (Å²) in [5.74, 6) is -0.280. The number of carbonyl (C=O) groups excluding carboxylic acids is 1. The summed E-state index contributed by atoms with van der Waals surface area (Å²) in [7, 11) is 1.40. The van der Waals surface area contributed by atoms with Gasteiger partial charge in [0.05, 0.1) is 24.0 Å². The van der Waals surface area contributed by atoms with Gasteiger partial charge < -0.3 is 10.5 Å². The Balaban J connectivity index is 1.73. The van der Waals surface area contributed by atoms with Crippen LogP contribution in [0.3, 0.4) is 0 Å². The molecule has 0 fully saturated rings. The number of hydrogen-bond acceptors (Lipinski definition) is 6. The van der Waals surface area contributed by atoms with Crippen molar-refractivity contribution in [3.05, 3.63) is 66.4 Å². The highest BCUT2D eigenvalue weighted by molar-refractivity contribution is 6.11. The van der Waals surface area contributed by atoms with Crippen molar-refractivity contribution in [3.8, 4) is 16.9 Å². The summed E-state index contributed by atoms with van der Waals surface area (Å²) in [6.45, 7) is 0. The predicted octanol–water partition coefficient (Wildman–Crippen LogP) is 4.03. The molecule has 2 aromatic carbocycles. The van der Waals surface area contributed by atoms with Crippen LogP contribution >= 0.6 is 0 Å². The van der Waals surface area contributed by atoms with Crippen LogP contribution in [-0.2, 0) is 11.2 Å². The summed E-state index contributed by atoms with van der Waals surface area (Å²) < 4.78 is 19.1. The third-order valence-corrected chi connectivity index (χ3v) is 5.39. The number of nitrogens with zero attached hydrogens (tertiary/aromatic N) is 4. The fourth-order valence-electron chi connectivity index (χ4n) is 3.87. The molecule has 0 atom stereocenters. The second-order valence-corrected chi connectivity index (χ2v) is 7.24. The van der Waals surface area contributed by atoms with E-state index in [1.54, 1.807) is 29.6 Å². The van der Waals surface area contributed by atoms with Gasteiger partial charge >= 0.3 is 0 Å². The van der Waals surface area contributed by atoms with Crippen LogP contribution in [0.2, 0.25) is 0 Å². The lowest BCUT2D eigenvalue weighted by atomic mass is 9.96. The second kappa shape index (κ2) is 7.32. The van der Waals surface area contributed by atoms with Gasteiger partial charge in [0.25, 0.3) is 0 Å². The second-order valence-electron chi connectivity index (χ2n) is 7.24. The van der Waals surface area contributed by atoms with Crippen molar-refractivity contribution in [2.24, 2.45) is 0 Å². The third kappa shape index (κ3) is 3.22. The van der Waals surface area contributed by atoms with Gasteiger partial charge in [-0.1, -0.05) is 6.07 Å². The predicted molar refractivity (Wildman–Crippen MR) is 116 cm³/mol. The molecule has 4 aromatic rings. The Morgan fingerprint density at radius 3 is 2.58 bits per heavy atom. The molecule has 5 rings (SSSR count). The highest BCUT2D eigenvalue weighted by atomic mass is 19.1. The number of hydrogen-bond donors (Lipinski definition) is 1. The van der Waals surface area contributed by atoms with E-state index in [2.05, 4.69) is 15.0 Å². The van der Waals surface area contributed by atoms with Crippen molar-refractivity contribution in [2.45, 2.75) is 12.8 Å². The lowest BCUT2D eigenvalue weighted by Gasteiger charge is -2.31. The number of aryl methyl sites for hydroxylation is 1. The molecule has 0 spiro atoms. The third-order valence-electron chi connectivity index (χ3n) is 5.39. The van der Waals surface area contributed by atoms with Gasteiger partial charge in [-0.15, -0.1) is 0 Å². The number of fused-ring (bicyclic) bond motifs is 3. The average Bonchev–Trinajstić information content (AvgIpc) is 2.79. The normalized spacial score (nSPS) is 13.4. The summed E-state index contributed by atoms with van der Waals surface area (Å²) in [4.78, 5) is 27.3. The van der Waals surface area contributed by atoms with Crippen LogP contribution in [0.4, 0.5) is 21.7 Å². The molecule has 2 aromatic heterocycles. The quantitative estimate of drug-likeness (QED) is 0.543. The Bertz CT molecular complexity index is 1320. The smallest absolute Gasteiger partial charge is 0.231 e. The minimum atomic E-state index is -0.485. The van der Waals surface area contributed by atoms with E-state index in [0.717, 1.165) is 33.3 Å². The van der Waals surface area contributed by atoms with E-state index in [0.29, 0.717) is 18.5 Å². The number of amides is 1. The number of nitrogens with two attached hydrogens (primary N) is 1. The standard InChI is InChI=1S/C23H18FN5O2/c1-31-20-9-16(4-5-18(20)24)29-21(30)7-3-14-10-26-19-6-2-13(8-17(19)22(14)29)15-11-27-23(25)28-12-15/h2,4-6,8-12H,3,7H2,1H3,(H2,25,27,28). The lowest BCUT2D eigenvalue weighted by Crippen LogP contribution is -2.31. The van der Waals surface area contributed by atoms with Gasteiger partial charge in [-0.25, -0.2) is 14.4 Å². The lowest BCUT2D eigenvalue weighted by molar-refractivity contribution is -0.118. The number of carbonyl (C=O) groups is 1. The molecule has 154 valence electrons. The summed E-state index contributed by atoms with van der Waals surface area (Å²) >= 11 is 0. The molecule has 1 aliphatic rings. The first kappa shape index (κ1) is 18.9. The monoisotopic (exact) mass is 415 g/mol. The van der Waals surface area contributed by atoms with E-state index in [-0.39, 0.29) is 17.6 Å². The topological polar surface area (TPSA) is 94.2 Å². The zero-order valence-electron chi connectivity index (χ0n) is 16.7. The number of aromatic nitrogens is 3. The number of ether oxygens (including phenoxy) is 1. The Morgan fingerprint density at radius 2 is 1.81 bits per heavy atom. The van der Waals surface area contributed by atoms with E-state index in [1.807, 2.05) is 18.2 Å². The molecule has 0 saturated heterocycles. The van der Waals surface area contributed by atoms with E-state index in [4.69, 9.17) is 10.5 Å². The number of anilines is 3. The van der Waals surface area contributed by atoms with E-state index >= 15 is 0 Å². The van der Waals surface area contributed by atoms with Crippen molar-refractivity contribution >= 4 is 34.1 Å². The number of pyridine rings is 1. The fourth-order valence-corrected chi connectivity index (χ4v) is 3.87. The Hall–Kier alpha value is -4.07. The Morgan fingerprint density at radius 1 is 1.00 bits per heavy atom. The first-order valence-corrected chi connectivity index (χ1v) is 9.71. The summed E-state index contributed by atoms with van der Waals surface area (Å²) in [6, 6.07) is 10.2. The SMILES string of the molecule is COc1cc(N2C(=O)CCc3cnc4ccc(-c5cnc(N)nc5)cc4c32)ccc1F. The van der Waals surface area contributed by atoms with E-state index in [9.17, 15) is 9.18 Å². The molecule has 1 aliphatic heterocycles. The van der Waals surface area contributed by atoms with Gasteiger partial charge in [0.1, 0.15) is 0 Å². The molecule has 0 bridgehead atoms. The minimum Gasteiger partial charge on any atom is -0.494 e. The van der Waals surface area contributed by atoms with Crippen LogP contribution in [0.25, 0.3) is 22.0 Å². The van der Waals surface area contributed by atoms with Crippen LogP contribution in [0.15, 0.2) is 55.0 Å². The number of halogens is 1. The van der Waals surface area contributed by atoms with Crippen LogP contribution in [0, 0.1) is 5.82 Å². The Labute approximate surface area is 177 Å². The van der Waals surface area contributed by atoms with Crippen molar-refractivity contribution in [3.63, 3.8) is 0 Å². The van der Waals surface area contributed by atoms with E-state index in [1.165, 1.54) is 19.2 Å². The van der Waals surface area contributed by atoms with Gasteiger partial charge in [0, 0.05) is 42.0 Å². The molecule has 0 saturated carbocycles. The molecule has 3 heterocycles. The van der Waals surface area contributed by atoms with Gasteiger partial charge in [0.15, 0.2) is 11.6 Å². The zero-order valence-corrected chi connectivity index (χ0v) is 16.7. The highest BCUT2D eigenvalue weighted by Crippen LogP contribution is 2.41. The molecule has 0 unspecified atom stereocenters. The Kier molecular flexibility index (Phi) is 4.47. The zero-order chi connectivity index (χ0) is 21.5. The molecule has 7 nitrogen and oxygen atoms in total. The first-order valence-electron chi connectivity index (χ1n) is 9.71. The van der Waals surface area contributed by atoms with Crippen molar-refractivity contribution < 1.29 is 13.9 Å². The summed E-state index contributed by atoms with van der Waals surface area (Å²) in [5, 5.41) is 0.808. The van der Waals surface area contributed by atoms with Crippen molar-refractivity contribution in [1.82, 2.24) is 15.0 Å². The van der Waals surface area contributed by atoms with Crippen LogP contribution < -0.4 is 15.4 Å². The first-order chi connectivity index (χ1) is 15.0. The van der Waals surface area contributed by atoms with Crippen LogP contribution in [0.1, 0.15) is 12.0 Å². The number of benzene rings is 2. The molecular formula is C23H18FN5O2. The maximum Gasteiger partial charge on any atom is 0.231 e. The number of methoxy groups -OCH3 is 1. The van der Waals surface area contributed by atoms with Gasteiger partial charge in [-0.2, -0.15) is 0 Å². The molecule has 1 amide bonds. The van der Waals surface area contributed by atoms with Crippen molar-refractivity contribution in [2.75, 3.05) is 17.7 Å². The maximum atomic E-state index is 14.0. The van der Waals surface area contributed by atoms with Gasteiger partial charge in [-0.3, -0.25) is 14.7 Å². The molecule has 2 N–H and O–H groups in total. The van der Waals surface area contributed by atoms with Gasteiger partial charge in [-0.05, 0) is 41.8 Å². The molecule has 31 heavy (non-hydrogen) atoms. The largest absolute Gasteiger partial charge is 0.494 e. The van der Waals surface area contributed by atoms with E-state index < -0.39 is 5.82 Å². The minimum absolute atomic E-state index is 0.0742. The molecule has 0 aliphatic carbocycles. The average molecular weight is 415 g/mol. The molecule has 8 heteroatoms. The van der Waals surface area contributed by atoms with Crippen LogP contribution in [-0.4, -0.2) is 28.0 Å². The number of nitrogen functional groups attached to an aromatic ring is 1. The summed E-state index contributed by atoms with van der Waals surface area (Å²) in [5.41, 5.74) is 10.2. The maximum absolute atomic E-state index is 14.0. The molecular weight excluding hydrogens is 397 g/mol. The molecule has 0 radical (unpaired) electrons. The summed E-state index contributed by atoms with van der Waals surface area (Å²) in [6.07, 6.45) is 6.02. The number of rotatable bonds is 3. The highest BCUT2D eigenvalue weighted by Gasteiger charge is 2.29.